The summed E-state index contributed by atoms with van der Waals surface area (Å²) >= 11 is 6.39. The van der Waals surface area contributed by atoms with Gasteiger partial charge in [-0.05, 0) is 63.0 Å². The van der Waals surface area contributed by atoms with Crippen molar-refractivity contribution in [2.75, 3.05) is 18.5 Å². The minimum absolute atomic E-state index is 0.0818. The molecule has 0 saturated heterocycles. The van der Waals surface area contributed by atoms with Crippen molar-refractivity contribution in [3.63, 3.8) is 0 Å². The first-order chi connectivity index (χ1) is 16.0. The van der Waals surface area contributed by atoms with E-state index in [1.807, 2.05) is 24.1 Å². The molecule has 1 aromatic rings. The zero-order chi connectivity index (χ0) is 23.0. The molecule has 5 rings (SSSR count). The number of rotatable bonds is 6. The van der Waals surface area contributed by atoms with Gasteiger partial charge in [-0.2, -0.15) is 0 Å². The molecular formula is C27H38ClN3O2. The van der Waals surface area contributed by atoms with Gasteiger partial charge in [-0.3, -0.25) is 14.5 Å². The number of fused-ring (bicyclic) bond motifs is 1. The summed E-state index contributed by atoms with van der Waals surface area (Å²) in [5, 5.41) is 3.91. The Kier molecular flexibility index (Phi) is 6.72. The third kappa shape index (κ3) is 4.10. The molecule has 1 atom stereocenters. The van der Waals surface area contributed by atoms with E-state index in [2.05, 4.69) is 16.3 Å². The lowest BCUT2D eigenvalue weighted by molar-refractivity contribution is -0.143. The summed E-state index contributed by atoms with van der Waals surface area (Å²) in [6.07, 6.45) is 14.7. The summed E-state index contributed by atoms with van der Waals surface area (Å²) in [6.45, 7) is 0.305. The van der Waals surface area contributed by atoms with Crippen LogP contribution in [0.15, 0.2) is 18.2 Å². The van der Waals surface area contributed by atoms with Gasteiger partial charge in [0.25, 0.3) is 5.91 Å². The molecule has 0 aromatic heterocycles. The number of anilines is 1. The van der Waals surface area contributed by atoms with Gasteiger partial charge < -0.3 is 10.2 Å². The van der Waals surface area contributed by atoms with Gasteiger partial charge in [0.2, 0.25) is 5.91 Å². The topological polar surface area (TPSA) is 52.7 Å². The molecule has 0 spiro atoms. The summed E-state index contributed by atoms with van der Waals surface area (Å²) in [7, 11) is 1.88. The molecule has 3 fully saturated rings. The third-order valence-electron chi connectivity index (χ3n) is 8.81. The van der Waals surface area contributed by atoms with Crippen molar-refractivity contribution in [1.29, 1.82) is 0 Å². The Morgan fingerprint density at radius 3 is 2.33 bits per heavy atom. The molecule has 5 nitrogen and oxygen atoms in total. The number of halogens is 1. The largest absolute Gasteiger partial charge is 0.352 e. The monoisotopic (exact) mass is 471 g/mol. The van der Waals surface area contributed by atoms with E-state index in [1.165, 1.54) is 32.1 Å². The maximum Gasteiger partial charge on any atom is 0.252 e. The van der Waals surface area contributed by atoms with Gasteiger partial charge in [-0.15, -0.1) is 0 Å². The van der Waals surface area contributed by atoms with Crippen LogP contribution in [0.4, 0.5) is 5.69 Å². The molecule has 3 saturated carbocycles. The van der Waals surface area contributed by atoms with Gasteiger partial charge in [0.05, 0.1) is 12.2 Å². The van der Waals surface area contributed by atoms with Crippen LogP contribution in [0.5, 0.6) is 0 Å². The summed E-state index contributed by atoms with van der Waals surface area (Å²) in [4.78, 5) is 31.9. The first-order valence-corrected chi connectivity index (χ1v) is 13.5. The molecule has 180 valence electrons. The smallest absolute Gasteiger partial charge is 0.252 e. The van der Waals surface area contributed by atoms with E-state index in [0.29, 0.717) is 17.6 Å². The van der Waals surface area contributed by atoms with Crippen molar-refractivity contribution < 1.29 is 9.59 Å². The van der Waals surface area contributed by atoms with Crippen molar-refractivity contribution in [3.05, 3.63) is 28.8 Å². The molecule has 1 aliphatic heterocycles. The third-order valence-corrected chi connectivity index (χ3v) is 9.05. The quantitative estimate of drug-likeness (QED) is 0.604. The number of nitrogens with one attached hydrogen (secondary N) is 1. The van der Waals surface area contributed by atoms with Crippen molar-refractivity contribution in [2.24, 2.45) is 5.92 Å². The molecule has 3 aliphatic carbocycles. The minimum atomic E-state index is -0.770. The SMILES string of the molecule is CN1C(=O)C(C2CCCCC2)(N(CC(=O)NC2CCC2)C2CCCCC2)c2ccc(Cl)cc21. The van der Waals surface area contributed by atoms with Crippen LogP contribution in [-0.4, -0.2) is 42.4 Å². The number of hydrogen-bond donors (Lipinski definition) is 1. The first-order valence-electron chi connectivity index (χ1n) is 13.2. The highest BCUT2D eigenvalue weighted by molar-refractivity contribution is 6.31. The van der Waals surface area contributed by atoms with Crippen molar-refractivity contribution in [2.45, 2.75) is 101 Å². The van der Waals surface area contributed by atoms with Crippen LogP contribution < -0.4 is 10.2 Å². The summed E-state index contributed by atoms with van der Waals surface area (Å²) < 4.78 is 0. The van der Waals surface area contributed by atoms with Crippen LogP contribution in [0, 0.1) is 5.92 Å². The standard InChI is InChI=1S/C27H38ClN3O2/c1-30-24-17-20(28)15-16-23(24)27(26(30)33,19-9-4-2-5-10-19)31(22-13-6-3-7-14-22)18-25(32)29-21-11-8-12-21/h15-17,19,21-22H,2-14,18H2,1H3,(H,29,32). The second kappa shape index (κ2) is 9.58. The Morgan fingerprint density at radius 2 is 1.70 bits per heavy atom. The van der Waals surface area contributed by atoms with Crippen LogP contribution in [0.3, 0.4) is 0 Å². The normalized spacial score (nSPS) is 27.0. The van der Waals surface area contributed by atoms with E-state index in [4.69, 9.17) is 11.6 Å². The summed E-state index contributed by atoms with van der Waals surface area (Å²) in [5.74, 6) is 0.439. The lowest BCUT2D eigenvalue weighted by Crippen LogP contribution is -2.63. The van der Waals surface area contributed by atoms with E-state index in [0.717, 1.165) is 62.6 Å². The van der Waals surface area contributed by atoms with Gasteiger partial charge >= 0.3 is 0 Å². The van der Waals surface area contributed by atoms with E-state index in [-0.39, 0.29) is 23.8 Å². The molecule has 0 bridgehead atoms. The lowest BCUT2D eigenvalue weighted by Gasteiger charge is -2.50. The highest BCUT2D eigenvalue weighted by Crippen LogP contribution is 2.54. The van der Waals surface area contributed by atoms with Crippen molar-refractivity contribution >= 4 is 29.1 Å². The maximum atomic E-state index is 14.4. The highest BCUT2D eigenvalue weighted by Gasteiger charge is 2.59. The fraction of sp³-hybridized carbons (Fsp3) is 0.704. The zero-order valence-electron chi connectivity index (χ0n) is 20.0. The lowest BCUT2D eigenvalue weighted by atomic mass is 9.69. The predicted molar refractivity (Wildman–Crippen MR) is 132 cm³/mol. The van der Waals surface area contributed by atoms with Gasteiger partial charge in [-0.25, -0.2) is 0 Å². The van der Waals surface area contributed by atoms with E-state index in [1.54, 1.807) is 0 Å². The zero-order valence-corrected chi connectivity index (χ0v) is 20.7. The number of benzene rings is 1. The van der Waals surface area contributed by atoms with Crippen LogP contribution in [-0.2, 0) is 15.1 Å². The second-order valence-corrected chi connectivity index (χ2v) is 11.2. The summed E-state index contributed by atoms with van der Waals surface area (Å²) in [6, 6.07) is 6.51. The van der Waals surface area contributed by atoms with Gasteiger partial charge in [0, 0.05) is 29.7 Å². The van der Waals surface area contributed by atoms with E-state index >= 15 is 0 Å². The van der Waals surface area contributed by atoms with Gasteiger partial charge in [0.15, 0.2) is 0 Å². The molecule has 1 unspecified atom stereocenters. The molecule has 1 N–H and O–H groups in total. The van der Waals surface area contributed by atoms with Crippen LogP contribution >= 0.6 is 11.6 Å². The van der Waals surface area contributed by atoms with E-state index < -0.39 is 5.54 Å². The summed E-state index contributed by atoms with van der Waals surface area (Å²) in [5.41, 5.74) is 1.21. The van der Waals surface area contributed by atoms with Crippen molar-refractivity contribution in [1.82, 2.24) is 10.2 Å². The second-order valence-electron chi connectivity index (χ2n) is 10.7. The minimum Gasteiger partial charge on any atom is -0.352 e. The maximum absolute atomic E-state index is 14.4. The van der Waals surface area contributed by atoms with E-state index in [9.17, 15) is 9.59 Å². The molecule has 2 amide bonds. The number of carbonyl (C=O) groups is 2. The molecule has 6 heteroatoms. The average molecular weight is 472 g/mol. The fourth-order valence-electron chi connectivity index (χ4n) is 6.93. The molecule has 1 aromatic carbocycles. The van der Waals surface area contributed by atoms with Gasteiger partial charge in [0.1, 0.15) is 5.54 Å². The Morgan fingerprint density at radius 1 is 1.03 bits per heavy atom. The number of hydrogen-bond acceptors (Lipinski definition) is 3. The van der Waals surface area contributed by atoms with Gasteiger partial charge in [-0.1, -0.05) is 56.2 Å². The molecule has 33 heavy (non-hydrogen) atoms. The molecule has 0 radical (unpaired) electrons. The number of carbonyl (C=O) groups excluding carboxylic acids is 2. The fourth-order valence-corrected chi connectivity index (χ4v) is 7.09. The molecular weight excluding hydrogens is 434 g/mol. The first kappa shape index (κ1) is 23.2. The predicted octanol–water partition coefficient (Wildman–Crippen LogP) is 5.40. The molecule has 1 heterocycles. The van der Waals surface area contributed by atoms with Crippen molar-refractivity contribution in [3.8, 4) is 0 Å². The number of amides is 2. The van der Waals surface area contributed by atoms with Crippen LogP contribution in [0.2, 0.25) is 5.02 Å². The average Bonchev–Trinajstić information content (AvgIpc) is 3.03. The molecule has 4 aliphatic rings. The van der Waals surface area contributed by atoms with Crippen LogP contribution in [0.25, 0.3) is 0 Å². The Labute approximate surface area is 203 Å². The van der Waals surface area contributed by atoms with Crippen LogP contribution in [0.1, 0.15) is 89.0 Å². The Balaban J connectivity index is 1.60. The highest BCUT2D eigenvalue weighted by atomic mass is 35.5. The Hall–Kier alpha value is -1.59. The Bertz CT molecular complexity index is 889. The number of likely N-dealkylation sites (N-methyl/N-ethyl adjacent to an activating group) is 1. The number of nitrogens with zero attached hydrogens (tertiary/aromatic N) is 2.